The number of anilines is 1. The molecule has 4 aromatic rings. The molecule has 0 unspecified atom stereocenters. The molecule has 1 aliphatic rings. The highest BCUT2D eigenvalue weighted by molar-refractivity contribution is 6.36. The number of imide groups is 1. The Balaban J connectivity index is 1.58. The standard InChI is InChI=1S/C28H22N2O3/c1-33-24-17-8-6-13-21(24)18-30-27(31)25(20-11-3-2-4-12-20)26(28(30)32)29-23-16-9-14-19-10-5-7-15-22(19)23/h2-17,29H,18H2,1H3. The minimum atomic E-state index is -0.363. The third kappa shape index (κ3) is 3.74. The minimum absolute atomic E-state index is 0.124. The second kappa shape index (κ2) is 8.63. The zero-order valence-electron chi connectivity index (χ0n) is 18.1. The normalized spacial score (nSPS) is 13.7. The highest BCUT2D eigenvalue weighted by Crippen LogP contribution is 2.34. The van der Waals surface area contributed by atoms with Gasteiger partial charge < -0.3 is 10.1 Å². The summed E-state index contributed by atoms with van der Waals surface area (Å²) in [5.74, 6) is -0.0626. The van der Waals surface area contributed by atoms with Crippen molar-refractivity contribution < 1.29 is 14.3 Å². The van der Waals surface area contributed by atoms with Crippen molar-refractivity contribution in [3.8, 4) is 5.75 Å². The topological polar surface area (TPSA) is 58.6 Å². The molecule has 0 fully saturated rings. The summed E-state index contributed by atoms with van der Waals surface area (Å²) in [6, 6.07) is 30.5. The SMILES string of the molecule is COc1ccccc1CN1C(=O)C(Nc2cccc3ccccc23)=C(c2ccccc2)C1=O. The van der Waals surface area contributed by atoms with E-state index in [1.807, 2.05) is 97.1 Å². The van der Waals surface area contributed by atoms with Crippen LogP contribution in [-0.4, -0.2) is 23.8 Å². The summed E-state index contributed by atoms with van der Waals surface area (Å²) in [7, 11) is 1.58. The van der Waals surface area contributed by atoms with Gasteiger partial charge in [0.05, 0.1) is 19.2 Å². The first-order valence-electron chi connectivity index (χ1n) is 10.7. The molecule has 0 saturated heterocycles. The molecule has 0 atom stereocenters. The second-order valence-electron chi connectivity index (χ2n) is 7.78. The van der Waals surface area contributed by atoms with Gasteiger partial charge in [-0.1, -0.05) is 84.9 Å². The van der Waals surface area contributed by atoms with Crippen LogP contribution in [-0.2, 0) is 16.1 Å². The van der Waals surface area contributed by atoms with Gasteiger partial charge in [0.25, 0.3) is 11.8 Å². The van der Waals surface area contributed by atoms with Gasteiger partial charge in [0.2, 0.25) is 0 Å². The van der Waals surface area contributed by atoms with Crippen molar-refractivity contribution >= 4 is 33.8 Å². The van der Waals surface area contributed by atoms with Crippen LogP contribution in [0.25, 0.3) is 16.3 Å². The molecular weight excluding hydrogens is 412 g/mol. The first kappa shape index (κ1) is 20.5. The van der Waals surface area contributed by atoms with E-state index in [1.54, 1.807) is 7.11 Å². The van der Waals surface area contributed by atoms with Gasteiger partial charge in [0, 0.05) is 16.6 Å². The number of amides is 2. The van der Waals surface area contributed by atoms with Gasteiger partial charge >= 0.3 is 0 Å². The molecular formula is C28H22N2O3. The molecule has 0 aliphatic carbocycles. The fraction of sp³-hybridized carbons (Fsp3) is 0.0714. The van der Waals surface area contributed by atoms with E-state index in [9.17, 15) is 9.59 Å². The molecule has 5 nitrogen and oxygen atoms in total. The minimum Gasteiger partial charge on any atom is -0.496 e. The third-order valence-corrected chi connectivity index (χ3v) is 5.80. The van der Waals surface area contributed by atoms with Crippen molar-refractivity contribution in [2.75, 3.05) is 12.4 Å². The van der Waals surface area contributed by atoms with Gasteiger partial charge in [-0.2, -0.15) is 0 Å². The van der Waals surface area contributed by atoms with E-state index in [4.69, 9.17) is 4.74 Å². The number of hydrogen-bond donors (Lipinski definition) is 1. The van der Waals surface area contributed by atoms with Crippen LogP contribution in [0.15, 0.2) is 103 Å². The van der Waals surface area contributed by atoms with Crippen molar-refractivity contribution in [1.29, 1.82) is 0 Å². The number of nitrogens with zero attached hydrogens (tertiary/aromatic N) is 1. The molecule has 1 N–H and O–H groups in total. The van der Waals surface area contributed by atoms with Crippen LogP contribution in [0.5, 0.6) is 5.75 Å². The fourth-order valence-electron chi connectivity index (χ4n) is 4.18. The van der Waals surface area contributed by atoms with Gasteiger partial charge in [-0.05, 0) is 23.1 Å². The molecule has 5 heteroatoms. The lowest BCUT2D eigenvalue weighted by molar-refractivity contribution is -0.137. The average molecular weight is 434 g/mol. The molecule has 1 aliphatic heterocycles. The van der Waals surface area contributed by atoms with E-state index in [0.29, 0.717) is 16.9 Å². The Morgan fingerprint density at radius 2 is 1.45 bits per heavy atom. The Morgan fingerprint density at radius 3 is 2.27 bits per heavy atom. The lowest BCUT2D eigenvalue weighted by Crippen LogP contribution is -2.32. The molecule has 0 saturated carbocycles. The first-order chi connectivity index (χ1) is 16.2. The van der Waals surface area contributed by atoms with E-state index in [0.717, 1.165) is 22.0 Å². The number of ether oxygens (including phenoxy) is 1. The van der Waals surface area contributed by atoms with Gasteiger partial charge in [-0.3, -0.25) is 14.5 Å². The summed E-state index contributed by atoms with van der Waals surface area (Å²) in [5, 5.41) is 5.32. The average Bonchev–Trinajstić information content (AvgIpc) is 3.09. The molecule has 1 heterocycles. The number of nitrogens with one attached hydrogen (secondary N) is 1. The third-order valence-electron chi connectivity index (χ3n) is 5.80. The van der Waals surface area contributed by atoms with Gasteiger partial charge in [-0.15, -0.1) is 0 Å². The van der Waals surface area contributed by atoms with Gasteiger partial charge in [-0.25, -0.2) is 0 Å². The van der Waals surface area contributed by atoms with E-state index in [2.05, 4.69) is 5.32 Å². The van der Waals surface area contributed by atoms with Crippen molar-refractivity contribution in [1.82, 2.24) is 4.90 Å². The van der Waals surface area contributed by atoms with Crippen molar-refractivity contribution in [2.45, 2.75) is 6.54 Å². The maximum atomic E-state index is 13.6. The zero-order chi connectivity index (χ0) is 22.8. The Labute approximate surface area is 191 Å². The van der Waals surface area contributed by atoms with Crippen molar-refractivity contribution in [3.05, 3.63) is 114 Å². The summed E-state index contributed by atoms with van der Waals surface area (Å²) in [6.07, 6.45) is 0. The van der Waals surface area contributed by atoms with Crippen LogP contribution in [0.3, 0.4) is 0 Å². The first-order valence-corrected chi connectivity index (χ1v) is 10.7. The highest BCUT2D eigenvalue weighted by atomic mass is 16.5. The van der Waals surface area contributed by atoms with Crippen LogP contribution in [0.4, 0.5) is 5.69 Å². The second-order valence-corrected chi connectivity index (χ2v) is 7.78. The highest BCUT2D eigenvalue weighted by Gasteiger charge is 2.39. The maximum absolute atomic E-state index is 13.6. The fourth-order valence-corrected chi connectivity index (χ4v) is 4.18. The quantitative estimate of drug-likeness (QED) is 0.422. The molecule has 0 spiro atoms. The number of fused-ring (bicyclic) bond motifs is 1. The zero-order valence-corrected chi connectivity index (χ0v) is 18.1. The maximum Gasteiger partial charge on any atom is 0.278 e. The lowest BCUT2D eigenvalue weighted by atomic mass is 10.0. The summed E-state index contributed by atoms with van der Waals surface area (Å²) in [6.45, 7) is 0.124. The van der Waals surface area contributed by atoms with E-state index in [-0.39, 0.29) is 24.1 Å². The van der Waals surface area contributed by atoms with Crippen LogP contribution >= 0.6 is 0 Å². The van der Waals surface area contributed by atoms with Crippen LogP contribution in [0.2, 0.25) is 0 Å². The Kier molecular flexibility index (Phi) is 5.37. The van der Waals surface area contributed by atoms with Gasteiger partial charge in [0.1, 0.15) is 11.4 Å². The monoisotopic (exact) mass is 434 g/mol. The molecule has 0 radical (unpaired) electrons. The van der Waals surface area contributed by atoms with Crippen molar-refractivity contribution in [2.24, 2.45) is 0 Å². The number of methoxy groups -OCH3 is 1. The molecule has 2 amide bonds. The number of rotatable bonds is 6. The number of benzene rings is 4. The smallest absolute Gasteiger partial charge is 0.278 e. The summed E-state index contributed by atoms with van der Waals surface area (Å²) in [4.78, 5) is 28.4. The Morgan fingerprint density at radius 1 is 0.758 bits per heavy atom. The predicted octanol–water partition coefficient (Wildman–Crippen LogP) is 5.24. The van der Waals surface area contributed by atoms with Crippen LogP contribution in [0, 0.1) is 0 Å². The van der Waals surface area contributed by atoms with Crippen LogP contribution < -0.4 is 10.1 Å². The largest absolute Gasteiger partial charge is 0.496 e. The lowest BCUT2D eigenvalue weighted by Gasteiger charge is -2.17. The Hall–Kier alpha value is -4.38. The molecule has 5 rings (SSSR count). The van der Waals surface area contributed by atoms with Crippen LogP contribution in [0.1, 0.15) is 11.1 Å². The van der Waals surface area contributed by atoms with Crippen molar-refractivity contribution in [3.63, 3.8) is 0 Å². The molecule has 162 valence electrons. The molecule has 4 aromatic carbocycles. The molecule has 33 heavy (non-hydrogen) atoms. The number of carbonyl (C=O) groups is 2. The summed E-state index contributed by atoms with van der Waals surface area (Å²) >= 11 is 0. The van der Waals surface area contributed by atoms with E-state index in [1.165, 1.54) is 4.90 Å². The predicted molar refractivity (Wildman–Crippen MR) is 129 cm³/mol. The summed E-state index contributed by atoms with van der Waals surface area (Å²) < 4.78 is 5.43. The van der Waals surface area contributed by atoms with E-state index < -0.39 is 0 Å². The molecule has 0 bridgehead atoms. The summed E-state index contributed by atoms with van der Waals surface area (Å²) in [5.41, 5.74) is 2.87. The van der Waals surface area contributed by atoms with E-state index >= 15 is 0 Å². The number of carbonyl (C=O) groups excluding carboxylic acids is 2. The number of hydrogen-bond acceptors (Lipinski definition) is 4. The van der Waals surface area contributed by atoms with Gasteiger partial charge in [0.15, 0.2) is 0 Å². The number of para-hydroxylation sites is 1. The molecule has 0 aromatic heterocycles. The Bertz CT molecular complexity index is 1390.